The minimum Gasteiger partial charge on any atom is -0.788 e. The van der Waals surface area contributed by atoms with E-state index in [2.05, 4.69) is 36.7 Å². The summed E-state index contributed by atoms with van der Waals surface area (Å²) in [5.41, 5.74) is 3.40. The van der Waals surface area contributed by atoms with Crippen LogP contribution in [0.15, 0.2) is 30.3 Å². The number of nitrogens with one attached hydrogen (secondary N) is 1. The molecule has 0 heterocycles. The highest BCUT2D eigenvalue weighted by Gasteiger charge is 2.08. The van der Waals surface area contributed by atoms with Gasteiger partial charge in [0.1, 0.15) is 0 Å². The van der Waals surface area contributed by atoms with Crippen molar-refractivity contribution in [1.29, 1.82) is 0 Å². The van der Waals surface area contributed by atoms with E-state index < -0.39 is 0 Å². The zero-order valence-electron chi connectivity index (χ0n) is 14.4. The molecule has 0 spiro atoms. The van der Waals surface area contributed by atoms with Crippen LogP contribution in [0.5, 0.6) is 0 Å². The molecule has 0 aliphatic carbocycles. The van der Waals surface area contributed by atoms with Crippen LogP contribution in [0.2, 0.25) is 0 Å². The van der Waals surface area contributed by atoms with E-state index in [1.165, 1.54) is 69.8 Å². The van der Waals surface area contributed by atoms with Crippen molar-refractivity contribution < 1.29 is 0 Å². The molecule has 0 aliphatic rings. The molecule has 1 rings (SSSR count). The zero-order chi connectivity index (χ0) is 15.9. The molecule has 1 aromatic carbocycles. The van der Waals surface area contributed by atoms with Crippen molar-refractivity contribution >= 4 is 0 Å². The first kappa shape index (κ1) is 19.2. The lowest BCUT2D eigenvalue weighted by Gasteiger charge is -2.20. The quantitative estimate of drug-likeness (QED) is 0.329. The van der Waals surface area contributed by atoms with Crippen LogP contribution in [0.25, 0.3) is 0 Å². The molecule has 0 aliphatic heterocycles. The predicted octanol–water partition coefficient (Wildman–Crippen LogP) is 6.17. The van der Waals surface area contributed by atoms with Gasteiger partial charge in [-0.05, 0) is 24.4 Å². The van der Waals surface area contributed by atoms with E-state index >= 15 is 0 Å². The summed E-state index contributed by atoms with van der Waals surface area (Å²) in [7, 11) is 0. The van der Waals surface area contributed by atoms with Crippen molar-refractivity contribution in [2.75, 3.05) is 6.54 Å². The van der Waals surface area contributed by atoms with E-state index in [0.29, 0.717) is 12.5 Å². The molecule has 0 saturated heterocycles. The van der Waals surface area contributed by atoms with Gasteiger partial charge >= 0.3 is 0 Å². The van der Waals surface area contributed by atoms with E-state index in [-0.39, 0.29) is 0 Å². The summed E-state index contributed by atoms with van der Waals surface area (Å²) in [5.74, 6) is 0.368. The minimum atomic E-state index is 0.368. The van der Waals surface area contributed by atoms with Crippen LogP contribution in [0.4, 0.5) is 0 Å². The maximum Gasteiger partial charge on any atom is -0.00455 e. The van der Waals surface area contributed by atoms with E-state index in [9.17, 15) is 5.21 Å². The lowest BCUT2D eigenvalue weighted by molar-refractivity contribution is 0.517. The summed E-state index contributed by atoms with van der Waals surface area (Å²) in [6.45, 7) is 2.81. The molecule has 1 aromatic rings. The molecule has 2 heteroatoms. The summed E-state index contributed by atoms with van der Waals surface area (Å²) in [4.78, 5) is 0. The number of hydroxylamine groups is 1. The summed E-state index contributed by atoms with van der Waals surface area (Å²) >= 11 is 0. The monoisotopic (exact) mass is 304 g/mol. The minimum absolute atomic E-state index is 0.368. The van der Waals surface area contributed by atoms with E-state index in [4.69, 9.17) is 0 Å². The number of hydrogen-bond acceptors (Lipinski definition) is 2. The average molecular weight is 304 g/mol. The van der Waals surface area contributed by atoms with Gasteiger partial charge in [0.2, 0.25) is 0 Å². The molecular formula is C20H34NO-. The van der Waals surface area contributed by atoms with Crippen LogP contribution in [0, 0.1) is 5.21 Å². The van der Waals surface area contributed by atoms with Crippen molar-refractivity contribution in [2.24, 2.45) is 0 Å². The van der Waals surface area contributed by atoms with Gasteiger partial charge in [-0.15, -0.1) is 0 Å². The normalized spacial score (nSPS) is 12.5. The van der Waals surface area contributed by atoms with Gasteiger partial charge in [0.25, 0.3) is 0 Å². The lowest BCUT2D eigenvalue weighted by atomic mass is 9.93. The number of unbranched alkanes of at least 4 members (excludes halogenated alkanes) is 9. The largest absolute Gasteiger partial charge is 0.788 e. The Morgan fingerprint density at radius 3 is 1.91 bits per heavy atom. The molecule has 0 aromatic heterocycles. The van der Waals surface area contributed by atoms with Crippen LogP contribution in [0.1, 0.15) is 89.0 Å². The van der Waals surface area contributed by atoms with Crippen LogP contribution in [0.3, 0.4) is 0 Å². The Bertz CT molecular complexity index is 339. The first-order valence-electron chi connectivity index (χ1n) is 9.28. The van der Waals surface area contributed by atoms with Gasteiger partial charge in [-0.1, -0.05) is 101 Å². The second-order valence-electron chi connectivity index (χ2n) is 6.43. The SMILES string of the molecule is CCCCCCCCCCCCC(CN[O-])c1ccccc1. The van der Waals surface area contributed by atoms with Gasteiger partial charge < -0.3 is 10.7 Å². The lowest BCUT2D eigenvalue weighted by Crippen LogP contribution is -2.15. The molecule has 1 unspecified atom stereocenters. The standard InChI is InChI=1S/C20H34NO/c1-2-3-4-5-6-7-8-9-10-12-17-20(18-21-22)19-15-13-11-14-16-19/h11,13-16,20-21H,2-10,12,17-18H2,1H3/q-1. The highest BCUT2D eigenvalue weighted by atomic mass is 16.5. The molecule has 126 valence electrons. The van der Waals surface area contributed by atoms with E-state index in [1.54, 1.807) is 0 Å². The molecule has 1 atom stereocenters. The third-order valence-electron chi connectivity index (χ3n) is 4.51. The fraction of sp³-hybridized carbons (Fsp3) is 0.700. The van der Waals surface area contributed by atoms with Crippen LogP contribution < -0.4 is 5.48 Å². The average Bonchev–Trinajstić information content (AvgIpc) is 2.56. The first-order valence-corrected chi connectivity index (χ1v) is 9.28. The van der Waals surface area contributed by atoms with Crippen LogP contribution in [-0.4, -0.2) is 6.54 Å². The van der Waals surface area contributed by atoms with Crippen LogP contribution in [-0.2, 0) is 0 Å². The van der Waals surface area contributed by atoms with Crippen molar-refractivity contribution in [3.05, 3.63) is 41.1 Å². The van der Waals surface area contributed by atoms with Gasteiger partial charge in [-0.3, -0.25) is 0 Å². The summed E-state index contributed by atoms with van der Waals surface area (Å²) < 4.78 is 0. The van der Waals surface area contributed by atoms with Gasteiger partial charge in [-0.2, -0.15) is 0 Å². The zero-order valence-corrected chi connectivity index (χ0v) is 14.4. The van der Waals surface area contributed by atoms with Crippen molar-refractivity contribution in [3.63, 3.8) is 0 Å². The maximum absolute atomic E-state index is 10.7. The second kappa shape index (κ2) is 13.8. The van der Waals surface area contributed by atoms with Gasteiger partial charge in [-0.25, -0.2) is 0 Å². The topological polar surface area (TPSA) is 35.1 Å². The molecule has 0 radical (unpaired) electrons. The molecule has 22 heavy (non-hydrogen) atoms. The van der Waals surface area contributed by atoms with Crippen LogP contribution >= 0.6 is 0 Å². The van der Waals surface area contributed by atoms with E-state index in [1.807, 2.05) is 6.07 Å². The highest BCUT2D eigenvalue weighted by molar-refractivity contribution is 5.19. The van der Waals surface area contributed by atoms with Crippen molar-refractivity contribution in [1.82, 2.24) is 5.48 Å². The molecule has 0 bridgehead atoms. The Labute approximate surface area is 137 Å². The fourth-order valence-corrected chi connectivity index (χ4v) is 3.09. The Balaban J connectivity index is 2.04. The van der Waals surface area contributed by atoms with Crippen molar-refractivity contribution in [3.8, 4) is 0 Å². The van der Waals surface area contributed by atoms with Crippen molar-refractivity contribution in [2.45, 2.75) is 83.5 Å². The summed E-state index contributed by atoms with van der Waals surface area (Å²) in [6, 6.07) is 10.4. The van der Waals surface area contributed by atoms with Gasteiger partial charge in [0.05, 0.1) is 0 Å². The molecule has 0 amide bonds. The molecule has 1 N–H and O–H groups in total. The Kier molecular flexibility index (Phi) is 12.0. The number of benzene rings is 1. The molecule has 0 fully saturated rings. The molecular weight excluding hydrogens is 270 g/mol. The van der Waals surface area contributed by atoms with Gasteiger partial charge in [0.15, 0.2) is 0 Å². The number of hydrogen-bond donors (Lipinski definition) is 1. The number of rotatable bonds is 14. The Hall–Kier alpha value is -0.860. The third kappa shape index (κ3) is 9.22. The Morgan fingerprint density at radius 1 is 0.818 bits per heavy atom. The highest BCUT2D eigenvalue weighted by Crippen LogP contribution is 2.22. The molecule has 2 nitrogen and oxygen atoms in total. The van der Waals surface area contributed by atoms with E-state index in [0.717, 1.165) is 6.42 Å². The second-order valence-corrected chi connectivity index (χ2v) is 6.43. The first-order chi connectivity index (χ1) is 10.9. The Morgan fingerprint density at radius 2 is 1.36 bits per heavy atom. The molecule has 0 saturated carbocycles. The summed E-state index contributed by atoms with van der Waals surface area (Å²) in [6.07, 6.45) is 14.7. The summed E-state index contributed by atoms with van der Waals surface area (Å²) in [5, 5.41) is 10.7. The third-order valence-corrected chi connectivity index (χ3v) is 4.51. The smallest absolute Gasteiger partial charge is 0.00455 e. The predicted molar refractivity (Wildman–Crippen MR) is 97.0 cm³/mol. The van der Waals surface area contributed by atoms with Gasteiger partial charge in [0, 0.05) is 0 Å². The fourth-order valence-electron chi connectivity index (χ4n) is 3.09. The maximum atomic E-state index is 10.7.